The zero-order chi connectivity index (χ0) is 22.0. The minimum Gasteiger partial charge on any atom is -0.247 e. The van der Waals surface area contributed by atoms with Gasteiger partial charge in [0.05, 0.1) is 11.2 Å². The summed E-state index contributed by atoms with van der Waals surface area (Å²) >= 11 is 0. The van der Waals surface area contributed by atoms with Crippen molar-refractivity contribution in [1.29, 1.82) is 0 Å². The summed E-state index contributed by atoms with van der Waals surface area (Å²) in [7, 11) is -0.789. The molecule has 0 fully saturated rings. The third kappa shape index (κ3) is 3.71. The molecule has 0 bridgehead atoms. The number of benzene rings is 5. The van der Waals surface area contributed by atoms with Crippen molar-refractivity contribution >= 4 is 45.5 Å². The lowest BCUT2D eigenvalue weighted by atomic mass is 10.0. The van der Waals surface area contributed by atoms with E-state index in [1.165, 1.54) is 32.1 Å². The Labute approximate surface area is 195 Å². The van der Waals surface area contributed by atoms with Crippen LogP contribution in [-0.2, 0) is 0 Å². The first kappa shape index (κ1) is 19.9. The summed E-state index contributed by atoms with van der Waals surface area (Å²) in [5, 5.41) is 7.72. The van der Waals surface area contributed by atoms with Gasteiger partial charge in [-0.05, 0) is 41.4 Å². The zero-order valence-corrected chi connectivity index (χ0v) is 19.0. The predicted molar refractivity (Wildman–Crippen MR) is 143 cm³/mol. The summed E-state index contributed by atoms with van der Waals surface area (Å²) in [4.78, 5) is 5.28. The van der Waals surface area contributed by atoms with Crippen LogP contribution in [-0.4, -0.2) is 4.98 Å². The topological polar surface area (TPSA) is 12.9 Å². The van der Waals surface area contributed by atoms with E-state index in [2.05, 4.69) is 127 Å². The van der Waals surface area contributed by atoms with Crippen LogP contribution < -0.4 is 15.9 Å². The Balaban J connectivity index is 1.72. The van der Waals surface area contributed by atoms with Crippen molar-refractivity contribution < 1.29 is 0 Å². The molecule has 0 radical (unpaired) electrons. The molecule has 0 unspecified atom stereocenters. The van der Waals surface area contributed by atoms with E-state index in [1.54, 1.807) is 0 Å². The Bertz CT molecular complexity index is 1500. The highest BCUT2D eigenvalue weighted by atomic mass is 31.1. The van der Waals surface area contributed by atoms with Crippen LogP contribution in [0.2, 0.25) is 0 Å². The van der Waals surface area contributed by atoms with E-state index < -0.39 is 7.92 Å². The molecule has 0 amide bonds. The van der Waals surface area contributed by atoms with Crippen LogP contribution >= 0.6 is 7.92 Å². The molecule has 2 heteroatoms. The lowest BCUT2D eigenvalue weighted by Gasteiger charge is -2.23. The second kappa shape index (κ2) is 8.62. The predicted octanol–water partition coefficient (Wildman–Crippen LogP) is 6.81. The summed E-state index contributed by atoms with van der Waals surface area (Å²) < 4.78 is 0. The fourth-order valence-electron chi connectivity index (χ4n) is 4.47. The van der Waals surface area contributed by atoms with Crippen molar-refractivity contribution in [2.75, 3.05) is 0 Å². The summed E-state index contributed by atoms with van der Waals surface area (Å²) in [6, 6.07) is 47.6. The number of fused-ring (bicyclic) bond motifs is 2. The van der Waals surface area contributed by atoms with Crippen molar-refractivity contribution in [3.63, 3.8) is 0 Å². The second-order valence-electron chi connectivity index (χ2n) is 8.09. The maximum absolute atomic E-state index is 5.28. The van der Waals surface area contributed by atoms with Gasteiger partial charge >= 0.3 is 0 Å². The molecule has 1 aromatic heterocycles. The number of nitrogens with zero attached hydrogens (tertiary/aromatic N) is 1. The molecule has 0 aliphatic carbocycles. The van der Waals surface area contributed by atoms with Gasteiger partial charge in [-0.3, -0.25) is 0 Å². The fourth-order valence-corrected chi connectivity index (χ4v) is 7.06. The monoisotopic (exact) mass is 439 g/mol. The minimum atomic E-state index is -0.789. The number of aromatic nitrogens is 1. The summed E-state index contributed by atoms with van der Waals surface area (Å²) in [5.41, 5.74) is 3.24. The maximum atomic E-state index is 5.28. The molecular weight excluding hydrogens is 417 g/mol. The average Bonchev–Trinajstić information content (AvgIpc) is 2.90. The van der Waals surface area contributed by atoms with E-state index in [0.29, 0.717) is 0 Å². The van der Waals surface area contributed by atoms with Gasteiger partial charge in [0, 0.05) is 16.3 Å². The molecule has 0 saturated heterocycles. The Hall–Kier alpha value is -3.80. The van der Waals surface area contributed by atoms with Crippen molar-refractivity contribution in [1.82, 2.24) is 4.98 Å². The molecule has 0 saturated carbocycles. The molecule has 1 heterocycles. The summed E-state index contributed by atoms with van der Waals surface area (Å²) in [6.45, 7) is 0. The lowest BCUT2D eigenvalue weighted by molar-refractivity contribution is 1.41. The van der Waals surface area contributed by atoms with Crippen LogP contribution in [0.4, 0.5) is 0 Å². The maximum Gasteiger partial charge on any atom is 0.0799 e. The van der Waals surface area contributed by atoms with Gasteiger partial charge in [-0.15, -0.1) is 0 Å². The van der Waals surface area contributed by atoms with Crippen molar-refractivity contribution in [2.45, 2.75) is 0 Å². The summed E-state index contributed by atoms with van der Waals surface area (Å²) in [5.74, 6) is 0. The smallest absolute Gasteiger partial charge is 0.0799 e. The van der Waals surface area contributed by atoms with Crippen LogP contribution in [0.3, 0.4) is 0 Å². The molecule has 33 heavy (non-hydrogen) atoms. The van der Waals surface area contributed by atoms with Crippen molar-refractivity contribution in [3.05, 3.63) is 133 Å². The van der Waals surface area contributed by atoms with Gasteiger partial charge in [-0.2, -0.15) is 0 Å². The molecular formula is C31H22NP. The first-order chi connectivity index (χ1) is 16.4. The molecule has 1 nitrogen and oxygen atoms in total. The normalized spacial score (nSPS) is 11.3. The number of pyridine rings is 1. The molecule has 6 rings (SSSR count). The van der Waals surface area contributed by atoms with Gasteiger partial charge in [0.2, 0.25) is 0 Å². The molecule has 5 aromatic carbocycles. The lowest BCUT2D eigenvalue weighted by Crippen LogP contribution is -2.22. The number of hydrogen-bond acceptors (Lipinski definition) is 1. The largest absolute Gasteiger partial charge is 0.247 e. The molecule has 156 valence electrons. The fraction of sp³-hybridized carbons (Fsp3) is 0. The van der Waals surface area contributed by atoms with E-state index in [-0.39, 0.29) is 0 Å². The molecule has 0 aliphatic rings. The van der Waals surface area contributed by atoms with E-state index in [0.717, 1.165) is 16.8 Å². The zero-order valence-electron chi connectivity index (χ0n) is 18.1. The first-order valence-corrected chi connectivity index (χ1v) is 12.5. The molecule has 0 N–H and O–H groups in total. The van der Waals surface area contributed by atoms with Crippen molar-refractivity contribution in [2.24, 2.45) is 0 Å². The van der Waals surface area contributed by atoms with Crippen LogP contribution in [0, 0.1) is 0 Å². The van der Waals surface area contributed by atoms with E-state index >= 15 is 0 Å². The standard InChI is InChI=1S/C31H22NP/c1-4-12-23(13-5-1)29-21-20-25-22-24-14-10-11-19-28(24)31(30(25)32-29)33(26-15-6-2-7-16-26)27-17-8-3-9-18-27/h1-22H. The van der Waals surface area contributed by atoms with E-state index in [4.69, 9.17) is 4.98 Å². The third-order valence-electron chi connectivity index (χ3n) is 6.00. The Kier molecular flexibility index (Phi) is 5.19. The number of hydrogen-bond donors (Lipinski definition) is 0. The molecule has 0 aliphatic heterocycles. The first-order valence-electron chi connectivity index (χ1n) is 11.2. The van der Waals surface area contributed by atoms with Crippen molar-refractivity contribution in [3.8, 4) is 11.3 Å². The highest BCUT2D eigenvalue weighted by molar-refractivity contribution is 7.80. The Morgan fingerprint density at radius 1 is 0.485 bits per heavy atom. The second-order valence-corrected chi connectivity index (χ2v) is 10.2. The van der Waals surface area contributed by atoms with E-state index in [1.807, 2.05) is 6.07 Å². The molecule has 0 spiro atoms. The van der Waals surface area contributed by atoms with Crippen LogP contribution in [0.5, 0.6) is 0 Å². The van der Waals surface area contributed by atoms with Gasteiger partial charge in [-0.25, -0.2) is 4.98 Å². The van der Waals surface area contributed by atoms with Gasteiger partial charge < -0.3 is 0 Å². The molecule has 0 atom stereocenters. The van der Waals surface area contributed by atoms with Gasteiger partial charge in [0.25, 0.3) is 0 Å². The number of rotatable bonds is 4. The van der Waals surface area contributed by atoms with Crippen LogP contribution in [0.1, 0.15) is 0 Å². The third-order valence-corrected chi connectivity index (χ3v) is 8.53. The quantitative estimate of drug-likeness (QED) is 0.217. The highest BCUT2D eigenvalue weighted by Gasteiger charge is 2.22. The molecule has 6 aromatic rings. The summed E-state index contributed by atoms with van der Waals surface area (Å²) in [6.07, 6.45) is 0. The Morgan fingerprint density at radius 2 is 1.06 bits per heavy atom. The van der Waals surface area contributed by atoms with Gasteiger partial charge in [0.15, 0.2) is 0 Å². The van der Waals surface area contributed by atoms with Gasteiger partial charge in [-0.1, -0.05) is 121 Å². The average molecular weight is 439 g/mol. The van der Waals surface area contributed by atoms with E-state index in [9.17, 15) is 0 Å². The Morgan fingerprint density at radius 3 is 1.73 bits per heavy atom. The van der Waals surface area contributed by atoms with Crippen LogP contribution in [0.25, 0.3) is 32.9 Å². The highest BCUT2D eigenvalue weighted by Crippen LogP contribution is 2.39. The minimum absolute atomic E-state index is 0.789. The van der Waals surface area contributed by atoms with Gasteiger partial charge in [0.1, 0.15) is 0 Å². The SMILES string of the molecule is c1ccc(-c2ccc3cc4ccccc4c(P(c4ccccc4)c4ccccc4)c3n2)cc1. The van der Waals surface area contributed by atoms with Crippen LogP contribution in [0.15, 0.2) is 133 Å².